The van der Waals surface area contributed by atoms with Crippen LogP contribution in [-0.2, 0) is 4.79 Å². The van der Waals surface area contributed by atoms with Gasteiger partial charge < -0.3 is 9.90 Å². The molecule has 0 spiro atoms. The molecule has 0 saturated carbocycles. The molecule has 90 valence electrons. The van der Waals surface area contributed by atoms with E-state index in [0.717, 1.165) is 12.3 Å². The fourth-order valence-electron chi connectivity index (χ4n) is 2.04. The topological polar surface area (TPSA) is 37.3 Å². The summed E-state index contributed by atoms with van der Waals surface area (Å²) in [5.41, 5.74) is 0. The number of aldehydes is 1. The first kappa shape index (κ1) is 14.6. The third-order valence-electron chi connectivity index (χ3n) is 2.98. The van der Waals surface area contributed by atoms with Gasteiger partial charge in [0.1, 0.15) is 12.4 Å². The van der Waals surface area contributed by atoms with Crippen LogP contribution in [0.5, 0.6) is 0 Å². The molecule has 0 aliphatic rings. The molecule has 2 nitrogen and oxygen atoms in total. The molecule has 1 N–H and O–H groups in total. The Morgan fingerprint density at radius 1 is 1.13 bits per heavy atom. The van der Waals surface area contributed by atoms with Gasteiger partial charge in [0.15, 0.2) is 0 Å². The molecular weight excluding hydrogens is 188 g/mol. The van der Waals surface area contributed by atoms with Gasteiger partial charge in [-0.2, -0.15) is 0 Å². The number of aliphatic hydroxyl groups is 1. The largest absolute Gasteiger partial charge is 0.386 e. The highest BCUT2D eigenvalue weighted by molar-refractivity contribution is 5.55. The SMILES string of the molecule is CCCC(C)CCCC(C)CC(O)C=O. The normalized spacial score (nSPS) is 17.1. The first-order valence-electron chi connectivity index (χ1n) is 6.23. The van der Waals surface area contributed by atoms with E-state index in [9.17, 15) is 4.79 Å². The molecule has 0 aromatic carbocycles. The lowest BCUT2D eigenvalue weighted by molar-refractivity contribution is -0.115. The molecular formula is C13H26O2. The van der Waals surface area contributed by atoms with Crippen molar-refractivity contribution in [2.45, 2.75) is 65.4 Å². The van der Waals surface area contributed by atoms with Gasteiger partial charge in [-0.25, -0.2) is 0 Å². The highest BCUT2D eigenvalue weighted by Gasteiger charge is 2.09. The van der Waals surface area contributed by atoms with E-state index in [1.165, 1.54) is 25.7 Å². The zero-order valence-corrected chi connectivity index (χ0v) is 10.4. The highest BCUT2D eigenvalue weighted by Crippen LogP contribution is 2.18. The van der Waals surface area contributed by atoms with Crippen molar-refractivity contribution in [2.24, 2.45) is 11.8 Å². The van der Waals surface area contributed by atoms with E-state index in [2.05, 4.69) is 20.8 Å². The Balaban J connectivity index is 3.45. The molecule has 0 aliphatic carbocycles. The van der Waals surface area contributed by atoms with Gasteiger partial charge in [-0.3, -0.25) is 0 Å². The quantitative estimate of drug-likeness (QED) is 0.598. The lowest BCUT2D eigenvalue weighted by Crippen LogP contribution is -2.12. The number of rotatable bonds is 9. The molecule has 0 radical (unpaired) electrons. The second-order valence-electron chi connectivity index (χ2n) is 4.87. The minimum absolute atomic E-state index is 0.457. The lowest BCUT2D eigenvalue weighted by Gasteiger charge is -2.14. The molecule has 3 unspecified atom stereocenters. The minimum atomic E-state index is -0.756. The van der Waals surface area contributed by atoms with Gasteiger partial charge in [0, 0.05) is 0 Å². The van der Waals surface area contributed by atoms with Crippen molar-refractivity contribution in [1.29, 1.82) is 0 Å². The van der Waals surface area contributed by atoms with Crippen molar-refractivity contribution in [3.05, 3.63) is 0 Å². The second-order valence-corrected chi connectivity index (χ2v) is 4.87. The highest BCUT2D eigenvalue weighted by atomic mass is 16.3. The Morgan fingerprint density at radius 3 is 2.27 bits per heavy atom. The van der Waals surface area contributed by atoms with Gasteiger partial charge in [0.2, 0.25) is 0 Å². The summed E-state index contributed by atoms with van der Waals surface area (Å²) >= 11 is 0. The average Bonchev–Trinajstić information content (AvgIpc) is 2.18. The predicted molar refractivity (Wildman–Crippen MR) is 63.8 cm³/mol. The van der Waals surface area contributed by atoms with Crippen LogP contribution in [0.25, 0.3) is 0 Å². The Kier molecular flexibility index (Phi) is 8.68. The summed E-state index contributed by atoms with van der Waals surface area (Å²) in [5.74, 6) is 1.28. The van der Waals surface area contributed by atoms with E-state index in [1.807, 2.05) is 0 Å². The molecule has 0 amide bonds. The monoisotopic (exact) mass is 214 g/mol. The van der Waals surface area contributed by atoms with Crippen molar-refractivity contribution >= 4 is 6.29 Å². The maximum atomic E-state index is 10.3. The van der Waals surface area contributed by atoms with Gasteiger partial charge in [0.05, 0.1) is 0 Å². The fourth-order valence-corrected chi connectivity index (χ4v) is 2.04. The summed E-state index contributed by atoms with van der Waals surface area (Å²) in [7, 11) is 0. The van der Waals surface area contributed by atoms with Gasteiger partial charge in [-0.1, -0.05) is 52.9 Å². The molecule has 0 aromatic heterocycles. The molecule has 0 saturated heterocycles. The van der Waals surface area contributed by atoms with Crippen LogP contribution in [0.2, 0.25) is 0 Å². The summed E-state index contributed by atoms with van der Waals surface area (Å²) in [4.78, 5) is 10.3. The van der Waals surface area contributed by atoms with E-state index in [1.54, 1.807) is 0 Å². The summed E-state index contributed by atoms with van der Waals surface area (Å²) in [6.45, 7) is 6.63. The van der Waals surface area contributed by atoms with Crippen LogP contribution in [0.4, 0.5) is 0 Å². The van der Waals surface area contributed by atoms with Gasteiger partial charge in [-0.15, -0.1) is 0 Å². The average molecular weight is 214 g/mol. The van der Waals surface area contributed by atoms with Crippen molar-refractivity contribution < 1.29 is 9.90 Å². The van der Waals surface area contributed by atoms with Crippen LogP contribution >= 0.6 is 0 Å². The van der Waals surface area contributed by atoms with E-state index in [0.29, 0.717) is 18.6 Å². The molecule has 0 fully saturated rings. The third-order valence-corrected chi connectivity index (χ3v) is 2.98. The molecule has 0 aromatic rings. The molecule has 0 rings (SSSR count). The first-order valence-corrected chi connectivity index (χ1v) is 6.23. The van der Waals surface area contributed by atoms with E-state index >= 15 is 0 Å². The summed E-state index contributed by atoms with van der Waals surface area (Å²) in [5, 5.41) is 9.15. The molecule has 3 atom stereocenters. The molecule has 0 heterocycles. The Labute approximate surface area is 94.1 Å². The van der Waals surface area contributed by atoms with Gasteiger partial charge >= 0.3 is 0 Å². The van der Waals surface area contributed by atoms with Crippen molar-refractivity contribution in [2.75, 3.05) is 0 Å². The second kappa shape index (κ2) is 8.90. The predicted octanol–water partition coefficient (Wildman–Crippen LogP) is 3.18. The Bertz CT molecular complexity index is 157. The zero-order chi connectivity index (χ0) is 11.7. The number of hydrogen-bond donors (Lipinski definition) is 1. The van der Waals surface area contributed by atoms with Crippen molar-refractivity contribution in [1.82, 2.24) is 0 Å². The standard InChI is InChI=1S/C13H26O2/c1-4-6-11(2)7-5-8-12(3)9-13(15)10-14/h10-13,15H,4-9H2,1-3H3. The maximum Gasteiger partial charge on any atom is 0.148 e. The van der Waals surface area contributed by atoms with Crippen LogP contribution < -0.4 is 0 Å². The van der Waals surface area contributed by atoms with E-state index in [-0.39, 0.29) is 0 Å². The van der Waals surface area contributed by atoms with Crippen molar-refractivity contribution in [3.63, 3.8) is 0 Å². The first-order chi connectivity index (χ1) is 7.10. The minimum Gasteiger partial charge on any atom is -0.386 e. The maximum absolute atomic E-state index is 10.3. The summed E-state index contributed by atoms with van der Waals surface area (Å²) < 4.78 is 0. The Hall–Kier alpha value is -0.370. The summed E-state index contributed by atoms with van der Waals surface area (Å²) in [6.07, 6.45) is 6.68. The van der Waals surface area contributed by atoms with E-state index < -0.39 is 6.10 Å². The van der Waals surface area contributed by atoms with Gasteiger partial charge in [0.25, 0.3) is 0 Å². The van der Waals surface area contributed by atoms with Gasteiger partial charge in [-0.05, 0) is 18.3 Å². The number of aliphatic hydroxyl groups excluding tert-OH is 1. The molecule has 0 aliphatic heterocycles. The number of carbonyl (C=O) groups is 1. The molecule has 0 bridgehead atoms. The van der Waals surface area contributed by atoms with Crippen LogP contribution in [0.3, 0.4) is 0 Å². The zero-order valence-electron chi connectivity index (χ0n) is 10.4. The molecule has 2 heteroatoms. The third kappa shape index (κ3) is 8.61. The fraction of sp³-hybridized carbons (Fsp3) is 0.923. The number of hydrogen-bond acceptors (Lipinski definition) is 2. The smallest absolute Gasteiger partial charge is 0.148 e. The number of carbonyl (C=O) groups excluding carboxylic acids is 1. The van der Waals surface area contributed by atoms with E-state index in [4.69, 9.17) is 5.11 Å². The van der Waals surface area contributed by atoms with Crippen LogP contribution in [-0.4, -0.2) is 17.5 Å². The summed E-state index contributed by atoms with van der Waals surface area (Å²) in [6, 6.07) is 0. The van der Waals surface area contributed by atoms with Crippen LogP contribution in [0.15, 0.2) is 0 Å². The van der Waals surface area contributed by atoms with Crippen LogP contribution in [0.1, 0.15) is 59.3 Å². The molecule has 15 heavy (non-hydrogen) atoms. The van der Waals surface area contributed by atoms with Crippen LogP contribution in [0, 0.1) is 11.8 Å². The van der Waals surface area contributed by atoms with Crippen molar-refractivity contribution in [3.8, 4) is 0 Å². The lowest BCUT2D eigenvalue weighted by atomic mass is 9.93. The Morgan fingerprint density at radius 2 is 1.73 bits per heavy atom.